The third kappa shape index (κ3) is 3.36. The van der Waals surface area contributed by atoms with E-state index in [1.54, 1.807) is 6.07 Å². The van der Waals surface area contributed by atoms with Crippen molar-refractivity contribution in [3.05, 3.63) is 50.7 Å². The number of carbonyl (C=O) groups is 2. The van der Waals surface area contributed by atoms with E-state index in [1.807, 2.05) is 0 Å². The van der Waals surface area contributed by atoms with E-state index >= 15 is 0 Å². The van der Waals surface area contributed by atoms with E-state index in [0.717, 1.165) is 33.7 Å². The van der Waals surface area contributed by atoms with Crippen molar-refractivity contribution in [3.8, 4) is 11.5 Å². The van der Waals surface area contributed by atoms with Gasteiger partial charge in [0.2, 0.25) is 0 Å². The standard InChI is InChI=1S/C20H17N3O5S/c24-13(11-2-1-6-21-17(11)20(25)26)8-14-16(12-5-7-27-9-15(12)29-14)19-22-18(23-28-19)10-3-4-10/h1-2,6,10H,3-5,7-9H2,(H,25,26). The highest BCUT2D eigenvalue weighted by molar-refractivity contribution is 7.12. The van der Waals surface area contributed by atoms with Crippen LogP contribution < -0.4 is 0 Å². The molecule has 1 aliphatic carbocycles. The molecule has 2 aliphatic rings. The number of carbonyl (C=O) groups excluding carboxylic acids is 1. The molecule has 4 heterocycles. The zero-order valence-corrected chi connectivity index (χ0v) is 16.2. The second-order valence-corrected chi connectivity index (χ2v) is 8.33. The molecule has 0 atom stereocenters. The van der Waals surface area contributed by atoms with Crippen LogP contribution >= 0.6 is 11.3 Å². The Morgan fingerprint density at radius 1 is 1.31 bits per heavy atom. The third-order valence-corrected chi connectivity index (χ3v) is 6.33. The second-order valence-electron chi connectivity index (χ2n) is 7.14. The molecular formula is C20H17N3O5S. The summed E-state index contributed by atoms with van der Waals surface area (Å²) in [7, 11) is 0. The molecule has 0 aromatic carbocycles. The maximum Gasteiger partial charge on any atom is 0.355 e. The molecule has 3 aromatic rings. The SMILES string of the molecule is O=C(Cc1sc2c(c1-c1nc(C3CC3)no1)CCOC2)c1cccnc1C(=O)O. The number of fused-ring (bicyclic) bond motifs is 1. The number of carboxylic acid groups (broad SMARTS) is 1. The molecule has 0 spiro atoms. The molecule has 29 heavy (non-hydrogen) atoms. The van der Waals surface area contributed by atoms with Crippen LogP contribution in [0.2, 0.25) is 0 Å². The fourth-order valence-corrected chi connectivity index (χ4v) is 4.83. The molecule has 1 saturated carbocycles. The molecule has 0 amide bonds. The van der Waals surface area contributed by atoms with Crippen molar-refractivity contribution in [3.63, 3.8) is 0 Å². The van der Waals surface area contributed by atoms with Crippen molar-refractivity contribution < 1.29 is 24.0 Å². The monoisotopic (exact) mass is 411 g/mol. The van der Waals surface area contributed by atoms with Crippen LogP contribution in [-0.4, -0.2) is 38.6 Å². The van der Waals surface area contributed by atoms with E-state index < -0.39 is 5.97 Å². The normalized spacial score (nSPS) is 15.9. The number of hydrogen-bond donors (Lipinski definition) is 1. The minimum Gasteiger partial charge on any atom is -0.476 e. The first-order chi connectivity index (χ1) is 14.1. The van der Waals surface area contributed by atoms with Gasteiger partial charge in [0.15, 0.2) is 17.3 Å². The average molecular weight is 411 g/mol. The Morgan fingerprint density at radius 2 is 2.17 bits per heavy atom. The first kappa shape index (κ1) is 18.1. The Kier molecular flexibility index (Phi) is 4.48. The van der Waals surface area contributed by atoms with Crippen LogP contribution in [0, 0.1) is 0 Å². The van der Waals surface area contributed by atoms with Crippen LogP contribution in [0.4, 0.5) is 0 Å². The predicted molar refractivity (Wildman–Crippen MR) is 102 cm³/mol. The lowest BCUT2D eigenvalue weighted by Crippen LogP contribution is -2.12. The summed E-state index contributed by atoms with van der Waals surface area (Å²) in [6, 6.07) is 3.06. The number of hydrogen-bond acceptors (Lipinski definition) is 8. The van der Waals surface area contributed by atoms with Crippen molar-refractivity contribution in [2.75, 3.05) is 6.61 Å². The highest BCUT2D eigenvalue weighted by Crippen LogP contribution is 2.42. The van der Waals surface area contributed by atoms with Crippen molar-refractivity contribution in [2.45, 2.75) is 38.2 Å². The van der Waals surface area contributed by atoms with Crippen LogP contribution in [0.1, 0.15) is 60.7 Å². The molecule has 8 nitrogen and oxygen atoms in total. The molecule has 0 saturated heterocycles. The van der Waals surface area contributed by atoms with Crippen molar-refractivity contribution in [1.29, 1.82) is 0 Å². The number of Topliss-reactive ketones (excluding diaryl/α,β-unsaturated/α-hetero) is 1. The number of ether oxygens (including phenoxy) is 1. The number of rotatable bonds is 6. The maximum absolute atomic E-state index is 13.0. The Balaban J connectivity index is 1.54. The van der Waals surface area contributed by atoms with Gasteiger partial charge in [0, 0.05) is 28.3 Å². The van der Waals surface area contributed by atoms with Gasteiger partial charge in [-0.3, -0.25) is 4.79 Å². The van der Waals surface area contributed by atoms with Gasteiger partial charge in [0.25, 0.3) is 5.89 Å². The number of nitrogens with zero attached hydrogens (tertiary/aromatic N) is 3. The topological polar surface area (TPSA) is 115 Å². The highest BCUT2D eigenvalue weighted by atomic mass is 32.1. The molecule has 1 fully saturated rings. The van der Waals surface area contributed by atoms with Crippen molar-refractivity contribution >= 4 is 23.1 Å². The molecule has 0 unspecified atom stereocenters. The van der Waals surface area contributed by atoms with Gasteiger partial charge in [-0.1, -0.05) is 5.16 Å². The van der Waals surface area contributed by atoms with Crippen LogP contribution in [0.15, 0.2) is 22.9 Å². The first-order valence-electron chi connectivity index (χ1n) is 9.38. The molecule has 0 bridgehead atoms. The van der Waals surface area contributed by atoms with Gasteiger partial charge < -0.3 is 14.4 Å². The van der Waals surface area contributed by atoms with Crippen LogP contribution in [0.3, 0.4) is 0 Å². The van der Waals surface area contributed by atoms with Gasteiger partial charge in [-0.25, -0.2) is 9.78 Å². The first-order valence-corrected chi connectivity index (χ1v) is 10.2. The summed E-state index contributed by atoms with van der Waals surface area (Å²) in [5, 5.41) is 13.5. The minimum absolute atomic E-state index is 0.0418. The summed E-state index contributed by atoms with van der Waals surface area (Å²) >= 11 is 1.49. The summed E-state index contributed by atoms with van der Waals surface area (Å²) in [4.78, 5) is 34.7. The maximum atomic E-state index is 13.0. The Bertz CT molecular complexity index is 1120. The Morgan fingerprint density at radius 3 is 2.97 bits per heavy atom. The van der Waals surface area contributed by atoms with E-state index in [0.29, 0.717) is 37.3 Å². The van der Waals surface area contributed by atoms with E-state index in [4.69, 9.17) is 9.26 Å². The number of ketones is 1. The summed E-state index contributed by atoms with van der Waals surface area (Å²) in [6.45, 7) is 1.08. The number of thiophene rings is 1. The summed E-state index contributed by atoms with van der Waals surface area (Å²) < 4.78 is 11.1. The number of carboxylic acids is 1. The van der Waals surface area contributed by atoms with Crippen molar-refractivity contribution in [1.82, 2.24) is 15.1 Å². The lowest BCUT2D eigenvalue weighted by molar-refractivity contribution is 0.0685. The number of pyridine rings is 1. The minimum atomic E-state index is -1.22. The van der Waals surface area contributed by atoms with E-state index in [1.165, 1.54) is 23.6 Å². The highest BCUT2D eigenvalue weighted by Gasteiger charge is 2.32. The quantitative estimate of drug-likeness (QED) is 0.615. The molecule has 3 aromatic heterocycles. The van der Waals surface area contributed by atoms with Gasteiger partial charge in [-0.15, -0.1) is 11.3 Å². The molecule has 1 N–H and O–H groups in total. The predicted octanol–water partition coefficient (Wildman–Crippen LogP) is 3.27. The molecule has 148 valence electrons. The fourth-order valence-electron chi connectivity index (χ4n) is 3.55. The smallest absolute Gasteiger partial charge is 0.355 e. The van der Waals surface area contributed by atoms with E-state index in [9.17, 15) is 14.7 Å². The third-order valence-electron chi connectivity index (χ3n) is 5.12. The van der Waals surface area contributed by atoms with Gasteiger partial charge in [0.05, 0.1) is 24.3 Å². The lowest BCUT2D eigenvalue weighted by atomic mass is 9.99. The van der Waals surface area contributed by atoms with Gasteiger partial charge in [-0.2, -0.15) is 4.98 Å². The van der Waals surface area contributed by atoms with E-state index in [-0.39, 0.29) is 23.5 Å². The zero-order valence-electron chi connectivity index (χ0n) is 15.4. The zero-order chi connectivity index (χ0) is 20.0. The molecular weight excluding hydrogens is 394 g/mol. The molecule has 0 radical (unpaired) electrons. The number of aromatic nitrogens is 3. The largest absolute Gasteiger partial charge is 0.476 e. The van der Waals surface area contributed by atoms with Gasteiger partial charge in [-0.05, 0) is 37.0 Å². The van der Waals surface area contributed by atoms with Gasteiger partial charge >= 0.3 is 5.97 Å². The molecule has 1 aliphatic heterocycles. The Hall–Kier alpha value is -2.91. The summed E-state index contributed by atoms with van der Waals surface area (Å²) in [5.74, 6) is -0.0235. The Labute approximate surface area is 169 Å². The van der Waals surface area contributed by atoms with Crippen LogP contribution in [0.25, 0.3) is 11.5 Å². The van der Waals surface area contributed by atoms with Crippen LogP contribution in [-0.2, 0) is 24.2 Å². The lowest BCUT2D eigenvalue weighted by Gasteiger charge is -2.12. The van der Waals surface area contributed by atoms with Crippen molar-refractivity contribution in [2.24, 2.45) is 0 Å². The molecule has 5 rings (SSSR count). The second kappa shape index (κ2) is 7.16. The number of aromatic carboxylic acids is 1. The summed E-state index contributed by atoms with van der Waals surface area (Å²) in [6.07, 6.45) is 4.26. The fraction of sp³-hybridized carbons (Fsp3) is 0.350. The summed E-state index contributed by atoms with van der Waals surface area (Å²) in [5.41, 5.74) is 1.75. The van der Waals surface area contributed by atoms with Crippen LogP contribution in [0.5, 0.6) is 0 Å². The average Bonchev–Trinajstić information content (AvgIpc) is 3.35. The van der Waals surface area contributed by atoms with Gasteiger partial charge in [0.1, 0.15) is 0 Å². The molecule has 9 heteroatoms. The van der Waals surface area contributed by atoms with E-state index in [2.05, 4.69) is 15.1 Å².